The van der Waals surface area contributed by atoms with Crippen LogP contribution in [0, 0.1) is 0 Å². The smallest absolute Gasteiger partial charge is 0.295 e. The van der Waals surface area contributed by atoms with Crippen molar-refractivity contribution in [2.24, 2.45) is 0 Å². The van der Waals surface area contributed by atoms with E-state index in [9.17, 15) is 19.8 Å². The average molecular weight is 425 g/mol. The lowest BCUT2D eigenvalue weighted by molar-refractivity contribution is -0.140. The lowest BCUT2D eigenvalue weighted by Gasteiger charge is -2.25. The van der Waals surface area contributed by atoms with Crippen LogP contribution in [0.4, 0.5) is 0 Å². The molecule has 1 aliphatic heterocycles. The van der Waals surface area contributed by atoms with Crippen LogP contribution in [0.5, 0.6) is 11.5 Å². The fourth-order valence-corrected chi connectivity index (χ4v) is 3.61. The van der Waals surface area contributed by atoms with Gasteiger partial charge in [-0.2, -0.15) is 0 Å². The van der Waals surface area contributed by atoms with Gasteiger partial charge in [0, 0.05) is 25.8 Å². The number of aromatic hydroxyl groups is 1. The van der Waals surface area contributed by atoms with Gasteiger partial charge in [-0.1, -0.05) is 12.1 Å². The van der Waals surface area contributed by atoms with Gasteiger partial charge in [0.05, 0.1) is 17.7 Å². The van der Waals surface area contributed by atoms with Crippen molar-refractivity contribution in [3.05, 3.63) is 65.2 Å². The van der Waals surface area contributed by atoms with Crippen LogP contribution in [0.2, 0.25) is 0 Å². The maximum atomic E-state index is 12.9. The molecule has 7 nitrogen and oxygen atoms in total. The van der Waals surface area contributed by atoms with Gasteiger partial charge in [-0.3, -0.25) is 9.59 Å². The highest BCUT2D eigenvalue weighted by molar-refractivity contribution is 6.46. The van der Waals surface area contributed by atoms with Crippen molar-refractivity contribution < 1.29 is 29.3 Å². The molecule has 0 bridgehead atoms. The number of phenols is 1. The number of aliphatic hydroxyl groups excluding tert-OH is 1. The minimum absolute atomic E-state index is 0.00590. The predicted molar refractivity (Wildman–Crippen MR) is 116 cm³/mol. The number of Topliss-reactive ketones (excluding diaryl/α,β-unsaturated/α-hetero) is 1. The number of methoxy groups -OCH3 is 1. The lowest BCUT2D eigenvalue weighted by Crippen LogP contribution is -2.31. The Kier molecular flexibility index (Phi) is 6.97. The number of carbonyl (C=O) groups excluding carboxylic acids is 2. The molecule has 2 N–H and O–H groups in total. The van der Waals surface area contributed by atoms with Gasteiger partial charge >= 0.3 is 0 Å². The van der Waals surface area contributed by atoms with Crippen molar-refractivity contribution in [2.75, 3.05) is 20.3 Å². The van der Waals surface area contributed by atoms with Gasteiger partial charge in [0.25, 0.3) is 11.7 Å². The number of hydrogen-bond acceptors (Lipinski definition) is 6. The molecule has 0 aliphatic carbocycles. The summed E-state index contributed by atoms with van der Waals surface area (Å²) in [6.07, 6.45) is 0.547. The highest BCUT2D eigenvalue weighted by Crippen LogP contribution is 2.40. The van der Waals surface area contributed by atoms with E-state index >= 15 is 0 Å². The number of ketones is 1. The molecule has 0 saturated carbocycles. The second-order valence-corrected chi connectivity index (χ2v) is 7.62. The first-order chi connectivity index (χ1) is 14.8. The number of nitrogens with zero attached hydrogens (tertiary/aromatic N) is 1. The second kappa shape index (κ2) is 9.66. The standard InChI is InChI=1S/C24H27NO6/c1-15(2)31-19-11-7-17(8-12-19)22(27)20-21(16-5-9-18(26)10-6-16)25(13-4-14-30-3)24(29)23(20)28/h5-12,15,21,26-27H,4,13-14H2,1-3H3. The Morgan fingerprint density at radius 1 is 1.06 bits per heavy atom. The molecular formula is C24H27NO6. The number of likely N-dealkylation sites (tertiary alicyclic amines) is 1. The summed E-state index contributed by atoms with van der Waals surface area (Å²) in [4.78, 5) is 27.1. The maximum Gasteiger partial charge on any atom is 0.295 e. The monoisotopic (exact) mass is 425 g/mol. The largest absolute Gasteiger partial charge is 0.508 e. The van der Waals surface area contributed by atoms with Crippen LogP contribution in [0.3, 0.4) is 0 Å². The van der Waals surface area contributed by atoms with Crippen molar-refractivity contribution in [3.8, 4) is 11.5 Å². The van der Waals surface area contributed by atoms with Crippen molar-refractivity contribution >= 4 is 17.4 Å². The Hall–Kier alpha value is -3.32. The number of ether oxygens (including phenoxy) is 2. The zero-order chi connectivity index (χ0) is 22.5. The molecule has 0 radical (unpaired) electrons. The Labute approximate surface area is 181 Å². The van der Waals surface area contributed by atoms with Gasteiger partial charge in [-0.05, 0) is 62.2 Å². The van der Waals surface area contributed by atoms with Gasteiger partial charge in [-0.25, -0.2) is 0 Å². The SMILES string of the molecule is COCCCN1C(=O)C(=O)C(=C(O)c2ccc(OC(C)C)cc2)C1c1ccc(O)cc1. The minimum Gasteiger partial charge on any atom is -0.508 e. The molecule has 1 heterocycles. The van der Waals surface area contributed by atoms with Crippen LogP contribution in [0.1, 0.15) is 37.4 Å². The summed E-state index contributed by atoms with van der Waals surface area (Å²) < 4.78 is 10.7. The molecule has 1 fully saturated rings. The fraction of sp³-hybridized carbons (Fsp3) is 0.333. The van der Waals surface area contributed by atoms with E-state index in [1.807, 2.05) is 13.8 Å². The lowest BCUT2D eigenvalue weighted by atomic mass is 9.95. The highest BCUT2D eigenvalue weighted by atomic mass is 16.5. The van der Waals surface area contributed by atoms with Gasteiger partial charge in [0.15, 0.2) is 0 Å². The summed E-state index contributed by atoms with van der Waals surface area (Å²) in [6.45, 7) is 4.55. The Morgan fingerprint density at radius 2 is 1.71 bits per heavy atom. The second-order valence-electron chi connectivity index (χ2n) is 7.62. The number of benzene rings is 2. The van der Waals surface area contributed by atoms with E-state index in [1.165, 1.54) is 17.0 Å². The van der Waals surface area contributed by atoms with Gasteiger partial charge < -0.3 is 24.6 Å². The van der Waals surface area contributed by atoms with Gasteiger partial charge in [-0.15, -0.1) is 0 Å². The topological polar surface area (TPSA) is 96.3 Å². The molecule has 2 aromatic carbocycles. The molecule has 1 aliphatic rings. The van der Waals surface area contributed by atoms with E-state index < -0.39 is 17.7 Å². The van der Waals surface area contributed by atoms with Crippen LogP contribution < -0.4 is 4.74 Å². The molecule has 164 valence electrons. The molecule has 0 aromatic heterocycles. The van der Waals surface area contributed by atoms with Gasteiger partial charge in [0.2, 0.25) is 0 Å². The van der Waals surface area contributed by atoms with Crippen LogP contribution >= 0.6 is 0 Å². The number of carbonyl (C=O) groups is 2. The quantitative estimate of drug-likeness (QED) is 0.290. The third-order valence-corrected chi connectivity index (χ3v) is 5.00. The first-order valence-electron chi connectivity index (χ1n) is 10.2. The van der Waals surface area contributed by atoms with E-state index in [0.29, 0.717) is 36.4 Å². The Bertz CT molecular complexity index is 963. The van der Waals surface area contributed by atoms with E-state index in [4.69, 9.17) is 9.47 Å². The number of hydrogen-bond donors (Lipinski definition) is 2. The molecule has 1 saturated heterocycles. The number of rotatable bonds is 8. The molecule has 1 unspecified atom stereocenters. The van der Waals surface area contributed by atoms with Crippen LogP contribution in [0.15, 0.2) is 54.1 Å². The predicted octanol–water partition coefficient (Wildman–Crippen LogP) is 3.64. The first kappa shape index (κ1) is 22.4. The summed E-state index contributed by atoms with van der Waals surface area (Å²) in [5.74, 6) is -0.949. The fourth-order valence-electron chi connectivity index (χ4n) is 3.61. The summed E-state index contributed by atoms with van der Waals surface area (Å²) in [5, 5.41) is 20.7. The third kappa shape index (κ3) is 4.88. The summed E-state index contributed by atoms with van der Waals surface area (Å²) in [6, 6.07) is 12.2. The minimum atomic E-state index is -0.760. The molecule has 0 spiro atoms. The van der Waals surface area contributed by atoms with Crippen molar-refractivity contribution in [3.63, 3.8) is 0 Å². The molecule has 1 amide bonds. The van der Waals surface area contributed by atoms with E-state index in [-0.39, 0.29) is 23.2 Å². The summed E-state index contributed by atoms with van der Waals surface area (Å²) >= 11 is 0. The van der Waals surface area contributed by atoms with Crippen molar-refractivity contribution in [1.29, 1.82) is 0 Å². The van der Waals surface area contributed by atoms with E-state index in [1.54, 1.807) is 43.5 Å². The van der Waals surface area contributed by atoms with Crippen molar-refractivity contribution in [1.82, 2.24) is 4.90 Å². The zero-order valence-electron chi connectivity index (χ0n) is 17.9. The third-order valence-electron chi connectivity index (χ3n) is 5.00. The number of amides is 1. The van der Waals surface area contributed by atoms with Crippen molar-refractivity contribution in [2.45, 2.75) is 32.4 Å². The molecule has 7 heteroatoms. The van der Waals surface area contributed by atoms with Gasteiger partial charge in [0.1, 0.15) is 17.3 Å². The maximum absolute atomic E-state index is 12.9. The molecule has 3 rings (SSSR count). The van der Waals surface area contributed by atoms with E-state index in [0.717, 1.165) is 0 Å². The number of phenolic OH excluding ortho intramolecular Hbond substituents is 1. The van der Waals surface area contributed by atoms with Crippen LogP contribution in [-0.2, 0) is 14.3 Å². The Morgan fingerprint density at radius 3 is 2.29 bits per heavy atom. The van der Waals surface area contributed by atoms with E-state index in [2.05, 4.69) is 0 Å². The normalized spacial score (nSPS) is 18.1. The summed E-state index contributed by atoms with van der Waals surface area (Å²) in [7, 11) is 1.57. The van der Waals surface area contributed by atoms with Crippen LogP contribution in [0.25, 0.3) is 5.76 Å². The Balaban J connectivity index is 2.04. The highest BCUT2D eigenvalue weighted by Gasteiger charge is 2.45. The molecule has 31 heavy (non-hydrogen) atoms. The molecule has 1 atom stereocenters. The summed E-state index contributed by atoms with van der Waals surface area (Å²) in [5.41, 5.74) is 1.05. The zero-order valence-corrected chi connectivity index (χ0v) is 17.9. The average Bonchev–Trinajstić information content (AvgIpc) is 2.99. The molecule has 2 aromatic rings. The molecular weight excluding hydrogens is 398 g/mol. The first-order valence-corrected chi connectivity index (χ1v) is 10.2. The van der Waals surface area contributed by atoms with Crippen LogP contribution in [-0.4, -0.2) is 53.2 Å². The number of aliphatic hydroxyl groups is 1.